The minimum Gasteiger partial charge on any atom is -0.376 e. The molecule has 9 heavy (non-hydrogen) atoms. The van der Waals surface area contributed by atoms with Crippen LogP contribution in [0, 0.1) is 12.5 Å². The van der Waals surface area contributed by atoms with E-state index in [0.29, 0.717) is 0 Å². The van der Waals surface area contributed by atoms with Crippen LogP contribution in [0.2, 0.25) is 0 Å². The lowest BCUT2D eigenvalue weighted by molar-refractivity contribution is 0.184. The Kier molecular flexibility index (Phi) is 6.06. The Balaban J connectivity index is 2.75. The molecule has 0 bridgehead atoms. The van der Waals surface area contributed by atoms with Gasteiger partial charge in [-0.15, -0.1) is 0 Å². The molecule has 0 aromatic rings. The summed E-state index contributed by atoms with van der Waals surface area (Å²) in [6, 6.07) is 0. The molecule has 0 fully saturated rings. The van der Waals surface area contributed by atoms with E-state index in [4.69, 9.17) is 4.74 Å². The summed E-state index contributed by atoms with van der Waals surface area (Å²) in [5, 5.41) is 0. The molecule has 0 aromatic carbocycles. The fraction of sp³-hybridized carbons (Fsp3) is 0.875. The number of ether oxygens (including phenoxy) is 1. The molecule has 0 atom stereocenters. The van der Waals surface area contributed by atoms with E-state index >= 15 is 0 Å². The van der Waals surface area contributed by atoms with Crippen molar-refractivity contribution in [2.45, 2.75) is 33.6 Å². The van der Waals surface area contributed by atoms with Crippen LogP contribution in [0.25, 0.3) is 0 Å². The van der Waals surface area contributed by atoms with Gasteiger partial charge in [-0.25, -0.2) is 0 Å². The first-order valence-corrected chi connectivity index (χ1v) is 3.70. The molecule has 1 heteroatoms. The maximum Gasteiger partial charge on any atom is 0.0839 e. The van der Waals surface area contributed by atoms with Crippen molar-refractivity contribution in [1.82, 2.24) is 0 Å². The Labute approximate surface area is 58.4 Å². The van der Waals surface area contributed by atoms with Gasteiger partial charge in [-0.3, -0.25) is 0 Å². The van der Waals surface area contributed by atoms with Crippen LogP contribution >= 0.6 is 0 Å². The van der Waals surface area contributed by atoms with E-state index in [2.05, 4.69) is 20.8 Å². The topological polar surface area (TPSA) is 9.23 Å². The number of rotatable bonds is 5. The Morgan fingerprint density at radius 3 is 2.56 bits per heavy atom. The van der Waals surface area contributed by atoms with Crippen molar-refractivity contribution in [1.29, 1.82) is 0 Å². The summed E-state index contributed by atoms with van der Waals surface area (Å²) in [5.74, 6) is 0.724. The van der Waals surface area contributed by atoms with Gasteiger partial charge in [-0.2, -0.15) is 0 Å². The van der Waals surface area contributed by atoms with E-state index < -0.39 is 0 Å². The Bertz CT molecular complexity index is 50.5. The van der Waals surface area contributed by atoms with Crippen LogP contribution in [0.1, 0.15) is 33.6 Å². The molecule has 0 heterocycles. The van der Waals surface area contributed by atoms with Gasteiger partial charge in [0.1, 0.15) is 0 Å². The van der Waals surface area contributed by atoms with Gasteiger partial charge in [0.25, 0.3) is 0 Å². The second-order valence-corrected chi connectivity index (χ2v) is 2.67. The molecule has 0 rings (SSSR count). The molecule has 0 unspecified atom stereocenters. The number of hydrogen-bond acceptors (Lipinski definition) is 1. The second-order valence-electron chi connectivity index (χ2n) is 2.67. The Hall–Kier alpha value is -0.0400. The second kappa shape index (κ2) is 6.09. The van der Waals surface area contributed by atoms with Crippen LogP contribution in [-0.4, -0.2) is 6.61 Å². The first-order valence-electron chi connectivity index (χ1n) is 3.70. The largest absolute Gasteiger partial charge is 0.376 e. The normalized spacial score (nSPS) is 10.7. The Morgan fingerprint density at radius 1 is 1.44 bits per heavy atom. The summed E-state index contributed by atoms with van der Waals surface area (Å²) >= 11 is 0. The monoisotopic (exact) mass is 129 g/mol. The van der Waals surface area contributed by atoms with Crippen molar-refractivity contribution < 1.29 is 4.74 Å². The highest BCUT2D eigenvalue weighted by Gasteiger charge is 1.92. The smallest absolute Gasteiger partial charge is 0.0839 e. The predicted octanol–water partition coefficient (Wildman–Crippen LogP) is 2.62. The lowest BCUT2D eigenvalue weighted by Gasteiger charge is -2.02. The molecule has 0 saturated carbocycles. The molecular weight excluding hydrogens is 112 g/mol. The zero-order valence-corrected chi connectivity index (χ0v) is 6.68. The molecule has 0 saturated heterocycles. The fourth-order valence-corrected chi connectivity index (χ4v) is 0.462. The summed E-state index contributed by atoms with van der Waals surface area (Å²) in [6.07, 6.45) is 2.18. The van der Waals surface area contributed by atoms with Gasteiger partial charge in [0.05, 0.1) is 6.61 Å². The molecule has 0 aliphatic carbocycles. The van der Waals surface area contributed by atoms with Crippen LogP contribution < -0.4 is 0 Å². The van der Waals surface area contributed by atoms with E-state index in [1.54, 1.807) is 0 Å². The summed E-state index contributed by atoms with van der Waals surface area (Å²) in [6.45, 7) is 9.27. The summed E-state index contributed by atoms with van der Waals surface area (Å²) < 4.78 is 5.17. The molecule has 1 radical (unpaired) electrons. The van der Waals surface area contributed by atoms with Gasteiger partial charge >= 0.3 is 0 Å². The van der Waals surface area contributed by atoms with E-state index in [9.17, 15) is 0 Å². The maximum atomic E-state index is 5.17. The van der Waals surface area contributed by atoms with Gasteiger partial charge < -0.3 is 4.74 Å². The molecule has 0 aromatic heterocycles. The van der Waals surface area contributed by atoms with Crippen LogP contribution in [0.5, 0.6) is 0 Å². The standard InChI is InChI=1S/C8H17O/c1-4-6-9-7-5-8(2)3/h7-8H,4-6H2,1-3H3. The third-order valence-corrected chi connectivity index (χ3v) is 1.01. The molecule has 0 spiro atoms. The average molecular weight is 129 g/mol. The van der Waals surface area contributed by atoms with Gasteiger partial charge in [-0.1, -0.05) is 20.8 Å². The van der Waals surface area contributed by atoms with Crippen LogP contribution in [0.15, 0.2) is 0 Å². The van der Waals surface area contributed by atoms with E-state index in [1.807, 2.05) is 6.61 Å². The van der Waals surface area contributed by atoms with Crippen molar-refractivity contribution in [3.8, 4) is 0 Å². The first-order chi connectivity index (χ1) is 4.27. The molecular formula is C8H17O. The molecule has 55 valence electrons. The third-order valence-electron chi connectivity index (χ3n) is 1.01. The van der Waals surface area contributed by atoms with E-state index in [1.165, 1.54) is 0 Å². The molecule has 0 aliphatic heterocycles. The highest BCUT2D eigenvalue weighted by Crippen LogP contribution is 2.02. The average Bonchev–Trinajstić information content (AvgIpc) is 1.80. The highest BCUT2D eigenvalue weighted by molar-refractivity contribution is 4.53. The van der Waals surface area contributed by atoms with Crippen molar-refractivity contribution in [2.24, 2.45) is 5.92 Å². The van der Waals surface area contributed by atoms with Gasteiger partial charge in [0, 0.05) is 6.61 Å². The fourth-order valence-electron chi connectivity index (χ4n) is 0.462. The molecule has 1 nitrogen and oxygen atoms in total. The van der Waals surface area contributed by atoms with Gasteiger partial charge in [0.2, 0.25) is 0 Å². The lowest BCUT2D eigenvalue weighted by atomic mass is 10.1. The van der Waals surface area contributed by atoms with Crippen LogP contribution in [-0.2, 0) is 4.74 Å². The van der Waals surface area contributed by atoms with Crippen molar-refractivity contribution in [2.75, 3.05) is 6.61 Å². The van der Waals surface area contributed by atoms with Crippen LogP contribution in [0.3, 0.4) is 0 Å². The van der Waals surface area contributed by atoms with E-state index in [0.717, 1.165) is 25.4 Å². The van der Waals surface area contributed by atoms with Crippen molar-refractivity contribution in [3.05, 3.63) is 6.61 Å². The quantitative estimate of drug-likeness (QED) is 0.518. The van der Waals surface area contributed by atoms with Gasteiger partial charge in [-0.05, 0) is 18.8 Å². The summed E-state index contributed by atoms with van der Waals surface area (Å²) in [4.78, 5) is 0. The minimum absolute atomic E-state index is 0.724. The molecule has 0 amide bonds. The lowest BCUT2D eigenvalue weighted by Crippen LogP contribution is -1.93. The maximum absolute atomic E-state index is 5.17. The zero-order valence-electron chi connectivity index (χ0n) is 6.68. The molecule has 0 N–H and O–H groups in total. The first kappa shape index (κ1) is 8.96. The minimum atomic E-state index is 0.724. The number of hydrogen-bond donors (Lipinski definition) is 0. The van der Waals surface area contributed by atoms with Crippen molar-refractivity contribution >= 4 is 0 Å². The Morgan fingerprint density at radius 2 is 2.11 bits per heavy atom. The van der Waals surface area contributed by atoms with E-state index in [-0.39, 0.29) is 0 Å². The summed E-state index contributed by atoms with van der Waals surface area (Å²) in [5.41, 5.74) is 0. The SMILES string of the molecule is CCCO[CH]CC(C)C. The van der Waals surface area contributed by atoms with Gasteiger partial charge in [0.15, 0.2) is 0 Å². The summed E-state index contributed by atoms with van der Waals surface area (Å²) in [7, 11) is 0. The molecule has 0 aliphatic rings. The highest BCUT2D eigenvalue weighted by atomic mass is 16.5. The third kappa shape index (κ3) is 7.96. The zero-order chi connectivity index (χ0) is 7.11. The predicted molar refractivity (Wildman–Crippen MR) is 40.0 cm³/mol. The van der Waals surface area contributed by atoms with Crippen LogP contribution in [0.4, 0.5) is 0 Å². The van der Waals surface area contributed by atoms with Crippen molar-refractivity contribution in [3.63, 3.8) is 0 Å².